The molecule has 1 N–H and O–H groups in total. The van der Waals surface area contributed by atoms with Crippen LogP contribution in [-0.4, -0.2) is 28.1 Å². The molecule has 1 aromatic rings. The van der Waals surface area contributed by atoms with Crippen molar-refractivity contribution in [1.82, 2.24) is 5.32 Å². The van der Waals surface area contributed by atoms with Crippen molar-refractivity contribution < 1.29 is 14.3 Å². The van der Waals surface area contributed by atoms with Crippen LogP contribution in [0.3, 0.4) is 0 Å². The molecule has 4 nitrogen and oxygen atoms in total. The molecule has 1 amide bonds. The highest BCUT2D eigenvalue weighted by molar-refractivity contribution is 8.14. The smallest absolute Gasteiger partial charge is 0.407 e. The van der Waals surface area contributed by atoms with Crippen LogP contribution in [-0.2, 0) is 4.74 Å². The molecule has 126 valence electrons. The molecule has 0 aliphatic heterocycles. The lowest BCUT2D eigenvalue weighted by atomic mass is 9.95. The maximum absolute atomic E-state index is 12.2. The number of nitrogens with one attached hydrogen (secondary N) is 1. The van der Waals surface area contributed by atoms with Gasteiger partial charge in [0.15, 0.2) is 0 Å². The van der Waals surface area contributed by atoms with Crippen molar-refractivity contribution >= 4 is 23.0 Å². The van der Waals surface area contributed by atoms with E-state index in [1.165, 1.54) is 11.8 Å². The minimum atomic E-state index is -0.473. The fourth-order valence-electron chi connectivity index (χ4n) is 2.59. The summed E-state index contributed by atoms with van der Waals surface area (Å²) in [6.07, 6.45) is 3.29. The lowest BCUT2D eigenvalue weighted by Gasteiger charge is -2.29. The van der Waals surface area contributed by atoms with Gasteiger partial charge in [-0.1, -0.05) is 42.1 Å². The van der Waals surface area contributed by atoms with Gasteiger partial charge in [0.25, 0.3) is 0 Å². The molecule has 0 aromatic heterocycles. The number of alkyl carbamates (subject to hydrolysis) is 1. The van der Waals surface area contributed by atoms with Crippen LogP contribution in [0.5, 0.6) is 0 Å². The minimum Gasteiger partial charge on any atom is -0.444 e. The quantitative estimate of drug-likeness (QED) is 0.890. The molecule has 1 aromatic carbocycles. The van der Waals surface area contributed by atoms with Gasteiger partial charge in [-0.3, -0.25) is 4.79 Å². The second kappa shape index (κ2) is 7.86. The molecule has 0 saturated heterocycles. The van der Waals surface area contributed by atoms with Gasteiger partial charge < -0.3 is 10.1 Å². The van der Waals surface area contributed by atoms with Gasteiger partial charge in [0, 0.05) is 16.9 Å². The van der Waals surface area contributed by atoms with Gasteiger partial charge in [-0.2, -0.15) is 0 Å². The Morgan fingerprint density at radius 1 is 1.09 bits per heavy atom. The van der Waals surface area contributed by atoms with E-state index in [-0.39, 0.29) is 17.3 Å². The predicted molar refractivity (Wildman–Crippen MR) is 93.8 cm³/mol. The summed E-state index contributed by atoms with van der Waals surface area (Å²) in [5.74, 6) is 0. The van der Waals surface area contributed by atoms with E-state index in [1.54, 1.807) is 0 Å². The number of benzene rings is 1. The lowest BCUT2D eigenvalue weighted by Crippen LogP contribution is -2.41. The summed E-state index contributed by atoms with van der Waals surface area (Å²) in [7, 11) is 0. The normalized spacial score (nSPS) is 21.5. The highest BCUT2D eigenvalue weighted by Crippen LogP contribution is 2.30. The van der Waals surface area contributed by atoms with Crippen molar-refractivity contribution in [3.8, 4) is 0 Å². The highest BCUT2D eigenvalue weighted by atomic mass is 32.2. The van der Waals surface area contributed by atoms with E-state index in [0.717, 1.165) is 31.2 Å². The van der Waals surface area contributed by atoms with Crippen LogP contribution < -0.4 is 5.32 Å². The molecule has 1 aliphatic carbocycles. The fraction of sp³-hybridized carbons (Fsp3) is 0.556. The number of hydrogen-bond acceptors (Lipinski definition) is 4. The Morgan fingerprint density at radius 2 is 1.70 bits per heavy atom. The molecular weight excluding hydrogens is 310 g/mol. The zero-order valence-corrected chi connectivity index (χ0v) is 14.8. The van der Waals surface area contributed by atoms with E-state index < -0.39 is 5.60 Å². The van der Waals surface area contributed by atoms with Gasteiger partial charge in [0.05, 0.1) is 0 Å². The molecule has 0 spiro atoms. The molecule has 0 unspecified atom stereocenters. The first-order chi connectivity index (χ1) is 10.8. The van der Waals surface area contributed by atoms with Crippen molar-refractivity contribution in [2.75, 3.05) is 0 Å². The summed E-state index contributed by atoms with van der Waals surface area (Å²) in [6.45, 7) is 5.57. The van der Waals surface area contributed by atoms with Gasteiger partial charge in [-0.25, -0.2) is 4.79 Å². The van der Waals surface area contributed by atoms with Crippen LogP contribution in [0.1, 0.15) is 56.8 Å². The topological polar surface area (TPSA) is 55.4 Å². The Morgan fingerprint density at radius 3 is 2.26 bits per heavy atom. The number of hydrogen-bond donors (Lipinski definition) is 1. The van der Waals surface area contributed by atoms with Gasteiger partial charge in [-0.15, -0.1) is 0 Å². The van der Waals surface area contributed by atoms with Gasteiger partial charge in [-0.05, 0) is 46.5 Å². The minimum absolute atomic E-state index is 0.133. The zero-order chi connectivity index (χ0) is 16.9. The van der Waals surface area contributed by atoms with Crippen molar-refractivity contribution in [2.45, 2.75) is 63.3 Å². The van der Waals surface area contributed by atoms with Crippen molar-refractivity contribution in [2.24, 2.45) is 0 Å². The number of carbonyl (C=O) groups excluding carboxylic acids is 2. The van der Waals surface area contributed by atoms with Crippen LogP contribution in [0.15, 0.2) is 30.3 Å². The lowest BCUT2D eigenvalue weighted by molar-refractivity contribution is 0.0493. The summed E-state index contributed by atoms with van der Waals surface area (Å²) < 4.78 is 5.28. The molecule has 5 heteroatoms. The average molecular weight is 335 g/mol. The van der Waals surface area contributed by atoms with Crippen LogP contribution in [0.2, 0.25) is 0 Å². The number of ether oxygens (including phenoxy) is 1. The summed E-state index contributed by atoms with van der Waals surface area (Å²) in [5.41, 5.74) is 0.283. The Kier molecular flexibility index (Phi) is 6.10. The Bertz CT molecular complexity index is 531. The third-order valence-electron chi connectivity index (χ3n) is 3.68. The van der Waals surface area contributed by atoms with E-state index in [2.05, 4.69) is 5.32 Å². The molecule has 0 radical (unpaired) electrons. The SMILES string of the molecule is CC(C)(C)OC(=O)NC1CCC(SC(=O)c2ccccc2)CC1. The first kappa shape index (κ1) is 17.9. The number of rotatable bonds is 3. The largest absolute Gasteiger partial charge is 0.444 e. The second-order valence-electron chi connectivity index (χ2n) is 6.89. The third-order valence-corrected chi connectivity index (χ3v) is 4.93. The Hall–Kier alpha value is -1.49. The molecule has 23 heavy (non-hydrogen) atoms. The van der Waals surface area contributed by atoms with E-state index in [4.69, 9.17) is 4.74 Å². The maximum atomic E-state index is 12.2. The molecule has 0 bridgehead atoms. The number of carbonyl (C=O) groups is 2. The summed E-state index contributed by atoms with van der Waals surface area (Å²) in [4.78, 5) is 24.0. The number of amides is 1. The molecule has 1 fully saturated rings. The summed E-state index contributed by atoms with van der Waals surface area (Å²) in [6, 6.07) is 9.53. The summed E-state index contributed by atoms with van der Waals surface area (Å²) in [5, 5.41) is 3.39. The highest BCUT2D eigenvalue weighted by Gasteiger charge is 2.26. The van der Waals surface area contributed by atoms with E-state index in [0.29, 0.717) is 5.25 Å². The number of thioether (sulfide) groups is 1. The van der Waals surface area contributed by atoms with Crippen LogP contribution in [0.25, 0.3) is 0 Å². The predicted octanol–water partition coefficient (Wildman–Crippen LogP) is 4.40. The van der Waals surface area contributed by atoms with Gasteiger partial charge in [0.1, 0.15) is 5.60 Å². The van der Waals surface area contributed by atoms with Gasteiger partial charge in [0.2, 0.25) is 5.12 Å². The first-order valence-corrected chi connectivity index (χ1v) is 8.97. The summed E-state index contributed by atoms with van der Waals surface area (Å²) >= 11 is 1.42. The zero-order valence-electron chi connectivity index (χ0n) is 14.0. The molecule has 0 atom stereocenters. The molecule has 1 aliphatic rings. The monoisotopic (exact) mass is 335 g/mol. The Labute approximate surface area is 142 Å². The maximum Gasteiger partial charge on any atom is 0.407 e. The molecule has 1 saturated carbocycles. The van der Waals surface area contributed by atoms with Crippen LogP contribution in [0.4, 0.5) is 4.79 Å². The van der Waals surface area contributed by atoms with E-state index in [1.807, 2.05) is 51.1 Å². The van der Waals surface area contributed by atoms with Crippen LogP contribution in [0, 0.1) is 0 Å². The fourth-order valence-corrected chi connectivity index (χ4v) is 3.68. The van der Waals surface area contributed by atoms with E-state index in [9.17, 15) is 9.59 Å². The molecule has 2 rings (SSSR count). The van der Waals surface area contributed by atoms with Crippen LogP contribution >= 0.6 is 11.8 Å². The average Bonchev–Trinajstić information content (AvgIpc) is 2.48. The van der Waals surface area contributed by atoms with Crippen molar-refractivity contribution in [3.05, 3.63) is 35.9 Å². The second-order valence-corrected chi connectivity index (χ2v) is 8.16. The Balaban J connectivity index is 1.74. The first-order valence-electron chi connectivity index (χ1n) is 8.09. The standard InChI is InChI=1S/C18H25NO3S/c1-18(2,3)22-17(21)19-14-9-11-15(12-10-14)23-16(20)13-7-5-4-6-8-13/h4-8,14-15H,9-12H2,1-3H3,(H,19,21). The molecule has 0 heterocycles. The third kappa shape index (κ3) is 6.26. The molecular formula is C18H25NO3S. The van der Waals surface area contributed by atoms with Gasteiger partial charge >= 0.3 is 6.09 Å². The van der Waals surface area contributed by atoms with E-state index >= 15 is 0 Å². The van der Waals surface area contributed by atoms with Crippen molar-refractivity contribution in [3.63, 3.8) is 0 Å². The van der Waals surface area contributed by atoms with Crippen molar-refractivity contribution in [1.29, 1.82) is 0 Å².